The molecular formula is C20H25N3O. The van der Waals surface area contributed by atoms with E-state index in [1.807, 2.05) is 10.9 Å². The van der Waals surface area contributed by atoms with Crippen LogP contribution in [0.4, 0.5) is 0 Å². The Morgan fingerprint density at radius 1 is 1.38 bits per heavy atom. The van der Waals surface area contributed by atoms with Gasteiger partial charge in [-0.2, -0.15) is 5.10 Å². The van der Waals surface area contributed by atoms with Gasteiger partial charge in [0.2, 0.25) is 5.91 Å². The number of aromatic nitrogens is 2. The Bertz CT molecular complexity index is 740. The Morgan fingerprint density at radius 2 is 2.12 bits per heavy atom. The molecule has 1 amide bonds. The van der Waals surface area contributed by atoms with E-state index in [2.05, 4.69) is 49.0 Å². The van der Waals surface area contributed by atoms with E-state index >= 15 is 0 Å². The van der Waals surface area contributed by atoms with Crippen LogP contribution in [-0.2, 0) is 11.2 Å². The van der Waals surface area contributed by atoms with Crippen molar-refractivity contribution in [1.29, 1.82) is 0 Å². The zero-order chi connectivity index (χ0) is 17.1. The molecule has 1 heterocycles. The molecule has 3 rings (SSSR count). The van der Waals surface area contributed by atoms with Gasteiger partial charge in [0.05, 0.1) is 17.9 Å². The van der Waals surface area contributed by atoms with Crippen molar-refractivity contribution in [3.05, 3.63) is 59.4 Å². The number of benzene rings is 1. The van der Waals surface area contributed by atoms with E-state index in [9.17, 15) is 4.79 Å². The van der Waals surface area contributed by atoms with Gasteiger partial charge in [-0.3, -0.25) is 4.79 Å². The van der Waals surface area contributed by atoms with Gasteiger partial charge in [0.25, 0.3) is 0 Å². The first-order valence-electron chi connectivity index (χ1n) is 8.64. The first kappa shape index (κ1) is 16.5. The standard InChI is InChI=1S/C20H25N3O/c1-4-5-9-20(24)22-18-7-6-8-19-17(18)13-21-23(19)16-11-14(2)10-15(3)12-16/h4,10-13,18H,1,5-9H2,2-3H3,(H,22,24). The van der Waals surface area contributed by atoms with E-state index in [4.69, 9.17) is 0 Å². The molecule has 1 unspecified atom stereocenters. The molecule has 0 saturated carbocycles. The predicted octanol–water partition coefficient (Wildman–Crippen LogP) is 3.95. The van der Waals surface area contributed by atoms with Crippen LogP contribution in [0.3, 0.4) is 0 Å². The molecule has 1 aliphatic carbocycles. The second-order valence-corrected chi connectivity index (χ2v) is 6.64. The number of carbonyl (C=O) groups is 1. The molecule has 24 heavy (non-hydrogen) atoms. The van der Waals surface area contributed by atoms with E-state index in [0.717, 1.165) is 30.5 Å². The van der Waals surface area contributed by atoms with Gasteiger partial charge in [-0.1, -0.05) is 12.1 Å². The summed E-state index contributed by atoms with van der Waals surface area (Å²) in [4.78, 5) is 12.1. The number of carbonyl (C=O) groups excluding carboxylic acids is 1. The maximum Gasteiger partial charge on any atom is 0.220 e. The van der Waals surface area contributed by atoms with Crippen LogP contribution in [-0.4, -0.2) is 15.7 Å². The summed E-state index contributed by atoms with van der Waals surface area (Å²) in [6.07, 6.45) is 7.96. The summed E-state index contributed by atoms with van der Waals surface area (Å²) >= 11 is 0. The van der Waals surface area contributed by atoms with E-state index in [0.29, 0.717) is 12.8 Å². The summed E-state index contributed by atoms with van der Waals surface area (Å²) in [5.74, 6) is 0.0897. The zero-order valence-corrected chi connectivity index (χ0v) is 14.5. The third-order valence-corrected chi connectivity index (χ3v) is 4.54. The van der Waals surface area contributed by atoms with Crippen molar-refractivity contribution in [3.63, 3.8) is 0 Å². The summed E-state index contributed by atoms with van der Waals surface area (Å²) in [5.41, 5.74) is 5.96. The minimum Gasteiger partial charge on any atom is -0.349 e. The Morgan fingerprint density at radius 3 is 2.83 bits per heavy atom. The highest BCUT2D eigenvalue weighted by Gasteiger charge is 2.25. The molecule has 0 bridgehead atoms. The fourth-order valence-electron chi connectivity index (χ4n) is 3.50. The van der Waals surface area contributed by atoms with Gasteiger partial charge in [0, 0.05) is 17.7 Å². The summed E-state index contributed by atoms with van der Waals surface area (Å²) in [6.45, 7) is 7.89. The number of nitrogens with one attached hydrogen (secondary N) is 1. The van der Waals surface area contributed by atoms with Crippen LogP contribution in [0.25, 0.3) is 5.69 Å². The molecule has 1 aliphatic rings. The van der Waals surface area contributed by atoms with E-state index in [1.54, 1.807) is 6.08 Å². The number of amides is 1. The van der Waals surface area contributed by atoms with Gasteiger partial charge in [-0.25, -0.2) is 4.68 Å². The van der Waals surface area contributed by atoms with Crippen LogP contribution in [0.15, 0.2) is 37.1 Å². The lowest BCUT2D eigenvalue weighted by atomic mass is 9.92. The summed E-state index contributed by atoms with van der Waals surface area (Å²) < 4.78 is 2.04. The van der Waals surface area contributed by atoms with Crippen molar-refractivity contribution in [2.24, 2.45) is 0 Å². The quantitative estimate of drug-likeness (QED) is 0.847. The Balaban J connectivity index is 1.87. The Labute approximate surface area is 143 Å². The highest BCUT2D eigenvalue weighted by atomic mass is 16.1. The fraction of sp³-hybridized carbons (Fsp3) is 0.400. The van der Waals surface area contributed by atoms with Gasteiger partial charge in [-0.15, -0.1) is 6.58 Å². The number of hydrogen-bond acceptors (Lipinski definition) is 2. The van der Waals surface area contributed by atoms with Crippen LogP contribution < -0.4 is 5.32 Å². The zero-order valence-electron chi connectivity index (χ0n) is 14.5. The number of hydrogen-bond donors (Lipinski definition) is 1. The van der Waals surface area contributed by atoms with Crippen LogP contribution in [0, 0.1) is 13.8 Å². The summed E-state index contributed by atoms with van der Waals surface area (Å²) in [6, 6.07) is 6.56. The number of fused-ring (bicyclic) bond motifs is 1. The van der Waals surface area contributed by atoms with Crippen molar-refractivity contribution in [3.8, 4) is 5.69 Å². The van der Waals surface area contributed by atoms with Crippen molar-refractivity contribution >= 4 is 5.91 Å². The maximum absolute atomic E-state index is 12.1. The number of aryl methyl sites for hydroxylation is 2. The van der Waals surface area contributed by atoms with Gasteiger partial charge in [0.1, 0.15) is 0 Å². The van der Waals surface area contributed by atoms with Crippen LogP contribution >= 0.6 is 0 Å². The molecule has 1 atom stereocenters. The lowest BCUT2D eigenvalue weighted by Gasteiger charge is -2.24. The molecule has 0 aliphatic heterocycles. The molecule has 0 spiro atoms. The molecule has 4 heteroatoms. The smallest absolute Gasteiger partial charge is 0.220 e. The second-order valence-electron chi connectivity index (χ2n) is 6.64. The molecule has 0 radical (unpaired) electrons. The van der Waals surface area contributed by atoms with E-state index in [-0.39, 0.29) is 11.9 Å². The third-order valence-electron chi connectivity index (χ3n) is 4.54. The summed E-state index contributed by atoms with van der Waals surface area (Å²) in [5, 5.41) is 7.78. The van der Waals surface area contributed by atoms with Crippen LogP contribution in [0.5, 0.6) is 0 Å². The molecular weight excluding hydrogens is 298 g/mol. The SMILES string of the molecule is C=CCCC(=O)NC1CCCc2c1cnn2-c1cc(C)cc(C)c1. The predicted molar refractivity (Wildman–Crippen MR) is 96.3 cm³/mol. The average molecular weight is 323 g/mol. The Kier molecular flexibility index (Phi) is 4.84. The average Bonchev–Trinajstić information content (AvgIpc) is 2.97. The minimum absolute atomic E-state index is 0.0747. The molecule has 2 aromatic rings. The normalized spacial score (nSPS) is 16.5. The van der Waals surface area contributed by atoms with E-state index in [1.165, 1.54) is 16.8 Å². The number of rotatable bonds is 5. The van der Waals surface area contributed by atoms with Crippen molar-refractivity contribution in [1.82, 2.24) is 15.1 Å². The molecule has 4 nitrogen and oxygen atoms in total. The fourth-order valence-corrected chi connectivity index (χ4v) is 3.50. The summed E-state index contributed by atoms with van der Waals surface area (Å²) in [7, 11) is 0. The minimum atomic E-state index is 0.0747. The molecule has 0 fully saturated rings. The number of nitrogens with zero attached hydrogens (tertiary/aromatic N) is 2. The highest BCUT2D eigenvalue weighted by Crippen LogP contribution is 2.31. The molecule has 0 saturated heterocycles. The van der Waals surface area contributed by atoms with Crippen LogP contribution in [0.1, 0.15) is 54.1 Å². The van der Waals surface area contributed by atoms with Crippen molar-refractivity contribution in [2.75, 3.05) is 0 Å². The van der Waals surface area contributed by atoms with Gasteiger partial charge in [-0.05, 0) is 62.8 Å². The lowest BCUT2D eigenvalue weighted by Crippen LogP contribution is -2.30. The molecule has 1 N–H and O–H groups in total. The highest BCUT2D eigenvalue weighted by molar-refractivity contribution is 5.76. The number of allylic oxidation sites excluding steroid dienone is 1. The second kappa shape index (κ2) is 7.04. The molecule has 1 aromatic carbocycles. The maximum atomic E-state index is 12.1. The largest absolute Gasteiger partial charge is 0.349 e. The molecule has 126 valence electrons. The topological polar surface area (TPSA) is 46.9 Å². The first-order chi connectivity index (χ1) is 11.6. The molecule has 1 aromatic heterocycles. The lowest BCUT2D eigenvalue weighted by molar-refractivity contribution is -0.121. The van der Waals surface area contributed by atoms with Crippen LogP contribution in [0.2, 0.25) is 0 Å². The van der Waals surface area contributed by atoms with E-state index < -0.39 is 0 Å². The van der Waals surface area contributed by atoms with Crippen molar-refractivity contribution in [2.45, 2.75) is 52.0 Å². The first-order valence-corrected chi connectivity index (χ1v) is 8.64. The van der Waals surface area contributed by atoms with Gasteiger partial charge in [0.15, 0.2) is 0 Å². The van der Waals surface area contributed by atoms with Gasteiger partial charge >= 0.3 is 0 Å². The van der Waals surface area contributed by atoms with Gasteiger partial charge < -0.3 is 5.32 Å². The van der Waals surface area contributed by atoms with Crippen molar-refractivity contribution < 1.29 is 4.79 Å². The third kappa shape index (κ3) is 3.42. The Hall–Kier alpha value is -2.36. The monoisotopic (exact) mass is 323 g/mol.